The molecule has 0 aliphatic carbocycles. The largest absolute Gasteiger partial charge is 0.313 e. The number of benzene rings is 1. The Morgan fingerprint density at radius 3 is 2.79 bits per heavy atom. The molecule has 106 valence electrons. The van der Waals surface area contributed by atoms with E-state index in [9.17, 15) is 8.42 Å². The SMILES string of the molecule is Cc1cc(Br)ccc1S(=O)(=O)NC1CCCNC1C. The van der Waals surface area contributed by atoms with E-state index in [-0.39, 0.29) is 12.1 Å². The molecule has 0 radical (unpaired) electrons. The molecule has 1 fully saturated rings. The lowest BCUT2D eigenvalue weighted by Gasteiger charge is -2.30. The minimum atomic E-state index is -3.45. The third-order valence-corrected chi connectivity index (χ3v) is 5.64. The molecule has 1 aromatic carbocycles. The fourth-order valence-corrected chi connectivity index (χ4v) is 4.44. The van der Waals surface area contributed by atoms with Crippen LogP contribution in [-0.4, -0.2) is 27.0 Å². The number of halogens is 1. The first kappa shape index (κ1) is 15.0. The second-order valence-electron chi connectivity index (χ2n) is 5.02. The van der Waals surface area contributed by atoms with Gasteiger partial charge < -0.3 is 5.32 Å². The zero-order valence-corrected chi connectivity index (χ0v) is 13.5. The summed E-state index contributed by atoms with van der Waals surface area (Å²) in [5.41, 5.74) is 0.748. The van der Waals surface area contributed by atoms with Crippen molar-refractivity contribution in [1.82, 2.24) is 10.0 Å². The van der Waals surface area contributed by atoms with Crippen molar-refractivity contribution in [3.63, 3.8) is 0 Å². The van der Waals surface area contributed by atoms with Gasteiger partial charge in [-0.3, -0.25) is 0 Å². The summed E-state index contributed by atoms with van der Waals surface area (Å²) in [5, 5.41) is 3.30. The number of nitrogens with one attached hydrogen (secondary N) is 2. The Hall–Kier alpha value is -0.430. The van der Waals surface area contributed by atoms with Crippen LogP contribution in [-0.2, 0) is 10.0 Å². The van der Waals surface area contributed by atoms with E-state index in [4.69, 9.17) is 0 Å². The van der Waals surface area contributed by atoms with E-state index in [1.165, 1.54) is 0 Å². The Morgan fingerprint density at radius 2 is 2.16 bits per heavy atom. The second-order valence-corrected chi connectivity index (χ2v) is 7.62. The fraction of sp³-hybridized carbons (Fsp3) is 0.538. The van der Waals surface area contributed by atoms with Crippen LogP contribution in [0.3, 0.4) is 0 Å². The van der Waals surface area contributed by atoms with E-state index >= 15 is 0 Å². The first-order chi connectivity index (χ1) is 8.90. The number of hydrogen-bond donors (Lipinski definition) is 2. The maximum atomic E-state index is 12.4. The van der Waals surface area contributed by atoms with Crippen LogP contribution in [0.5, 0.6) is 0 Å². The molecular formula is C13H19BrN2O2S. The molecule has 0 bridgehead atoms. The maximum absolute atomic E-state index is 12.4. The second kappa shape index (κ2) is 5.91. The summed E-state index contributed by atoms with van der Waals surface area (Å²) < 4.78 is 28.5. The Labute approximate surface area is 123 Å². The van der Waals surface area contributed by atoms with Gasteiger partial charge in [0, 0.05) is 16.6 Å². The highest BCUT2D eigenvalue weighted by molar-refractivity contribution is 9.10. The average molecular weight is 347 g/mol. The molecule has 2 rings (SSSR count). The molecule has 0 spiro atoms. The lowest BCUT2D eigenvalue weighted by Crippen LogP contribution is -2.51. The van der Waals surface area contributed by atoms with Gasteiger partial charge in [-0.2, -0.15) is 0 Å². The van der Waals surface area contributed by atoms with Crippen LogP contribution in [0.4, 0.5) is 0 Å². The van der Waals surface area contributed by atoms with Gasteiger partial charge in [-0.15, -0.1) is 0 Å². The zero-order chi connectivity index (χ0) is 14.0. The monoisotopic (exact) mass is 346 g/mol. The van der Waals surface area contributed by atoms with Gasteiger partial charge in [0.1, 0.15) is 0 Å². The molecule has 4 nitrogen and oxygen atoms in total. The Morgan fingerprint density at radius 1 is 1.42 bits per heavy atom. The summed E-state index contributed by atoms with van der Waals surface area (Å²) in [6.45, 7) is 4.78. The van der Waals surface area contributed by atoms with Crippen LogP contribution in [0, 0.1) is 6.92 Å². The van der Waals surface area contributed by atoms with Crippen LogP contribution in [0.25, 0.3) is 0 Å². The van der Waals surface area contributed by atoms with Gasteiger partial charge in [0.15, 0.2) is 0 Å². The molecule has 2 atom stereocenters. The normalized spacial score (nSPS) is 24.4. The summed E-state index contributed by atoms with van der Waals surface area (Å²) in [4.78, 5) is 0.355. The van der Waals surface area contributed by atoms with Crippen LogP contribution in [0.2, 0.25) is 0 Å². The lowest BCUT2D eigenvalue weighted by atomic mass is 10.0. The zero-order valence-electron chi connectivity index (χ0n) is 11.1. The van der Waals surface area contributed by atoms with Gasteiger partial charge in [-0.05, 0) is 57.0 Å². The predicted molar refractivity (Wildman–Crippen MR) is 79.7 cm³/mol. The summed E-state index contributed by atoms with van der Waals surface area (Å²) in [7, 11) is -3.45. The van der Waals surface area contributed by atoms with Crippen molar-refractivity contribution in [3.8, 4) is 0 Å². The van der Waals surface area contributed by atoms with Gasteiger partial charge in [-0.25, -0.2) is 13.1 Å². The van der Waals surface area contributed by atoms with Gasteiger partial charge in [0.2, 0.25) is 10.0 Å². The first-order valence-electron chi connectivity index (χ1n) is 6.42. The topological polar surface area (TPSA) is 58.2 Å². The summed E-state index contributed by atoms with van der Waals surface area (Å²) >= 11 is 3.35. The molecular weight excluding hydrogens is 328 g/mol. The van der Waals surface area contributed by atoms with Crippen LogP contribution in [0.15, 0.2) is 27.6 Å². The van der Waals surface area contributed by atoms with E-state index in [1.807, 2.05) is 19.9 Å². The molecule has 1 aliphatic rings. The van der Waals surface area contributed by atoms with Crippen molar-refractivity contribution >= 4 is 26.0 Å². The van der Waals surface area contributed by atoms with Gasteiger partial charge >= 0.3 is 0 Å². The van der Waals surface area contributed by atoms with Crippen molar-refractivity contribution in [3.05, 3.63) is 28.2 Å². The lowest BCUT2D eigenvalue weighted by molar-refractivity contribution is 0.348. The fourth-order valence-electron chi connectivity index (χ4n) is 2.38. The van der Waals surface area contributed by atoms with Crippen LogP contribution < -0.4 is 10.0 Å². The third kappa shape index (κ3) is 3.56. The van der Waals surface area contributed by atoms with Crippen molar-refractivity contribution in [2.45, 2.75) is 43.7 Å². The molecule has 2 unspecified atom stereocenters. The summed E-state index contributed by atoms with van der Waals surface area (Å²) in [5.74, 6) is 0. The highest BCUT2D eigenvalue weighted by Gasteiger charge is 2.27. The summed E-state index contributed by atoms with van der Waals surface area (Å²) in [6.07, 6.45) is 1.87. The number of rotatable bonds is 3. The highest BCUT2D eigenvalue weighted by atomic mass is 79.9. The standard InChI is InChI=1S/C13H19BrN2O2S/c1-9-8-11(14)5-6-13(9)19(17,18)16-12-4-3-7-15-10(12)2/h5-6,8,10,12,15-16H,3-4,7H2,1-2H3. The third-order valence-electron chi connectivity index (χ3n) is 3.49. The minimum Gasteiger partial charge on any atom is -0.313 e. The Kier molecular flexibility index (Phi) is 4.66. The minimum absolute atomic E-state index is 0.0400. The molecule has 1 aliphatic heterocycles. The first-order valence-corrected chi connectivity index (χ1v) is 8.69. The Balaban J connectivity index is 2.22. The van der Waals surface area contributed by atoms with Crippen LogP contribution in [0.1, 0.15) is 25.3 Å². The van der Waals surface area contributed by atoms with Gasteiger partial charge in [0.05, 0.1) is 4.90 Å². The molecule has 6 heteroatoms. The van der Waals surface area contributed by atoms with Gasteiger partial charge in [0.25, 0.3) is 0 Å². The molecule has 19 heavy (non-hydrogen) atoms. The quantitative estimate of drug-likeness (QED) is 0.881. The van der Waals surface area contributed by atoms with E-state index in [2.05, 4.69) is 26.0 Å². The molecule has 0 saturated carbocycles. The smallest absolute Gasteiger partial charge is 0.241 e. The van der Waals surface area contributed by atoms with Crippen molar-refractivity contribution < 1.29 is 8.42 Å². The Bertz CT molecular complexity index is 560. The predicted octanol–water partition coefficient (Wildman–Crippen LogP) is 2.18. The molecule has 0 amide bonds. The molecule has 2 N–H and O–H groups in total. The van der Waals surface area contributed by atoms with Crippen molar-refractivity contribution in [2.75, 3.05) is 6.54 Å². The van der Waals surface area contributed by atoms with Crippen molar-refractivity contribution in [2.24, 2.45) is 0 Å². The van der Waals surface area contributed by atoms with Crippen molar-refractivity contribution in [1.29, 1.82) is 0 Å². The molecule has 1 aromatic rings. The maximum Gasteiger partial charge on any atom is 0.241 e. The number of aryl methyl sites for hydroxylation is 1. The van der Waals surface area contributed by atoms with Gasteiger partial charge in [-0.1, -0.05) is 15.9 Å². The van der Waals surface area contributed by atoms with E-state index in [0.717, 1.165) is 29.4 Å². The average Bonchev–Trinajstić information content (AvgIpc) is 2.31. The molecule has 1 saturated heterocycles. The van der Waals surface area contributed by atoms with E-state index < -0.39 is 10.0 Å². The summed E-state index contributed by atoms with van der Waals surface area (Å²) in [6, 6.07) is 5.34. The highest BCUT2D eigenvalue weighted by Crippen LogP contribution is 2.21. The number of hydrogen-bond acceptors (Lipinski definition) is 3. The van der Waals surface area contributed by atoms with Crippen LogP contribution >= 0.6 is 15.9 Å². The molecule has 0 aromatic heterocycles. The van der Waals surface area contributed by atoms with E-state index in [1.54, 1.807) is 12.1 Å². The molecule has 1 heterocycles. The number of sulfonamides is 1. The van der Waals surface area contributed by atoms with E-state index in [0.29, 0.717) is 4.90 Å². The number of piperidine rings is 1.